The van der Waals surface area contributed by atoms with E-state index in [1.165, 1.54) is 6.08 Å². The monoisotopic (exact) mass is 564 g/mol. The van der Waals surface area contributed by atoms with E-state index in [0.717, 1.165) is 50.1 Å². The maximum Gasteiger partial charge on any atom is 0.796 e. The van der Waals surface area contributed by atoms with Gasteiger partial charge in [-0.15, -0.1) is 0 Å². The molecule has 0 saturated carbocycles. The Morgan fingerprint density at radius 2 is 1.48 bits per heavy atom. The van der Waals surface area contributed by atoms with Crippen molar-refractivity contribution in [1.82, 2.24) is 9.97 Å². The number of halogens is 3. The van der Waals surface area contributed by atoms with E-state index in [-0.39, 0.29) is 11.5 Å². The lowest BCUT2D eigenvalue weighted by Crippen LogP contribution is -2.09. The molecule has 0 aliphatic rings. The number of H-pyrrole nitrogens is 2. The molecule has 1 aromatic carbocycles. The molecule has 174 valence electrons. The molecule has 0 amide bonds. The fourth-order valence-electron chi connectivity index (χ4n) is 4.38. The number of ketones is 1. The molecular weight excluding hydrogens is 536 g/mol. The summed E-state index contributed by atoms with van der Waals surface area (Å²) in [6, 6.07) is 9.81. The maximum atomic E-state index is 13.4. The first-order valence-electron chi connectivity index (χ1n) is 11.3. The Balaban J connectivity index is 2.14. The van der Waals surface area contributed by atoms with E-state index in [2.05, 4.69) is 32.6 Å². The second kappa shape index (κ2) is 11.2. The lowest BCUT2D eigenvalue weighted by atomic mass is 9.99. The topological polar surface area (TPSA) is 57.9 Å². The maximum absolute atomic E-state index is 13.4. The van der Waals surface area contributed by atoms with E-state index >= 15 is 0 Å². The summed E-state index contributed by atoms with van der Waals surface area (Å²) in [4.78, 5) is 19.9. The first-order chi connectivity index (χ1) is 15.9. The summed E-state index contributed by atoms with van der Waals surface area (Å²) in [5.41, 5.74) is 6.64. The highest BCUT2D eigenvalue weighted by molar-refractivity contribution is 14.1. The number of allylic oxidation sites excluding steroid dienone is 1. The molecule has 3 aromatic rings. The van der Waals surface area contributed by atoms with Crippen molar-refractivity contribution in [3.8, 4) is 11.3 Å². The summed E-state index contributed by atoms with van der Waals surface area (Å²) >= 11 is 2.16. The third-order valence-corrected chi connectivity index (χ3v) is 6.75. The Hall–Kier alpha value is -2.36. The van der Waals surface area contributed by atoms with Gasteiger partial charge < -0.3 is 14.6 Å². The van der Waals surface area contributed by atoms with Crippen LogP contribution in [-0.4, -0.2) is 23.2 Å². The summed E-state index contributed by atoms with van der Waals surface area (Å²) in [6.45, 7) is 8.01. The third kappa shape index (κ3) is 5.26. The zero-order valence-corrected chi connectivity index (χ0v) is 21.5. The molecule has 0 atom stereocenters. The van der Waals surface area contributed by atoms with Crippen LogP contribution in [0.15, 0.2) is 36.4 Å². The fraction of sp³-hybridized carbons (Fsp3) is 0.320. The molecule has 8 heteroatoms. The summed E-state index contributed by atoms with van der Waals surface area (Å²) in [5.74, 6) is -0.524. The SMILES string of the molecule is CCc1c(I)[nH]c(/C(=C/C(=O)c2[nH]c(-c3ccccc3)c(CC)c2CC)OB(F)F)c1CC. The van der Waals surface area contributed by atoms with Gasteiger partial charge in [-0.3, -0.25) is 4.79 Å². The van der Waals surface area contributed by atoms with Crippen LogP contribution >= 0.6 is 22.6 Å². The summed E-state index contributed by atoms with van der Waals surface area (Å²) in [5, 5.41) is 0. The molecule has 33 heavy (non-hydrogen) atoms. The van der Waals surface area contributed by atoms with Crippen molar-refractivity contribution in [2.45, 2.75) is 53.4 Å². The number of nitrogens with one attached hydrogen (secondary N) is 2. The molecule has 2 aromatic heterocycles. The first kappa shape index (κ1) is 25.3. The van der Waals surface area contributed by atoms with Crippen molar-refractivity contribution < 1.29 is 18.1 Å². The second-order valence-corrected chi connectivity index (χ2v) is 8.71. The van der Waals surface area contributed by atoms with E-state index in [9.17, 15) is 13.4 Å². The molecule has 0 saturated heterocycles. The number of aromatic amines is 2. The van der Waals surface area contributed by atoms with Crippen molar-refractivity contribution in [1.29, 1.82) is 0 Å². The Morgan fingerprint density at radius 1 is 0.909 bits per heavy atom. The van der Waals surface area contributed by atoms with Gasteiger partial charge in [0.2, 0.25) is 5.78 Å². The van der Waals surface area contributed by atoms with Gasteiger partial charge in [0, 0.05) is 11.8 Å². The van der Waals surface area contributed by atoms with Gasteiger partial charge >= 0.3 is 7.47 Å². The van der Waals surface area contributed by atoms with E-state index in [1.54, 1.807) is 0 Å². The van der Waals surface area contributed by atoms with Crippen LogP contribution in [0.2, 0.25) is 0 Å². The number of carbonyl (C=O) groups excluding carboxylic acids is 1. The van der Waals surface area contributed by atoms with Crippen LogP contribution in [0.4, 0.5) is 8.63 Å². The molecule has 3 rings (SSSR count). The molecule has 2 heterocycles. The fourth-order valence-corrected chi connectivity index (χ4v) is 5.36. The van der Waals surface area contributed by atoms with Crippen LogP contribution < -0.4 is 0 Å². The van der Waals surface area contributed by atoms with Gasteiger partial charge in [0.05, 0.1) is 15.1 Å². The Kier molecular flexibility index (Phi) is 8.56. The zero-order chi connectivity index (χ0) is 24.1. The van der Waals surface area contributed by atoms with Gasteiger partial charge in [-0.1, -0.05) is 58.0 Å². The smallest absolute Gasteiger partial charge is 0.503 e. The molecule has 0 radical (unpaired) electrons. The van der Waals surface area contributed by atoms with Gasteiger partial charge in [0.1, 0.15) is 5.76 Å². The van der Waals surface area contributed by atoms with Crippen LogP contribution in [0.25, 0.3) is 17.0 Å². The minimum atomic E-state index is -3.04. The lowest BCUT2D eigenvalue weighted by molar-refractivity contribution is 0.104. The van der Waals surface area contributed by atoms with E-state index in [0.29, 0.717) is 24.2 Å². The Morgan fingerprint density at radius 3 is 2.03 bits per heavy atom. The van der Waals surface area contributed by atoms with Crippen LogP contribution in [0.5, 0.6) is 0 Å². The Bertz CT molecular complexity index is 1150. The van der Waals surface area contributed by atoms with Gasteiger partial charge in [-0.25, -0.2) is 8.63 Å². The highest BCUT2D eigenvalue weighted by atomic mass is 127. The van der Waals surface area contributed by atoms with Crippen LogP contribution in [0.1, 0.15) is 66.1 Å². The van der Waals surface area contributed by atoms with Crippen molar-refractivity contribution >= 4 is 41.6 Å². The first-order valence-corrected chi connectivity index (χ1v) is 12.3. The van der Waals surface area contributed by atoms with Gasteiger partial charge in [0.15, 0.2) is 0 Å². The van der Waals surface area contributed by atoms with Gasteiger partial charge in [-0.2, -0.15) is 0 Å². The summed E-state index contributed by atoms with van der Waals surface area (Å²) in [7, 11) is -3.04. The molecule has 0 aliphatic heterocycles. The molecule has 2 N–H and O–H groups in total. The quantitative estimate of drug-likeness (QED) is 0.0914. The molecule has 0 bridgehead atoms. The molecule has 0 unspecified atom stereocenters. The molecule has 0 spiro atoms. The number of hydrogen-bond acceptors (Lipinski definition) is 2. The lowest BCUT2D eigenvalue weighted by Gasteiger charge is -2.10. The zero-order valence-electron chi connectivity index (χ0n) is 19.3. The molecule has 4 nitrogen and oxygen atoms in total. The molecule has 0 fully saturated rings. The number of hydrogen-bond donors (Lipinski definition) is 2. The minimum absolute atomic E-state index is 0.138. The minimum Gasteiger partial charge on any atom is -0.503 e. The average molecular weight is 564 g/mol. The number of benzene rings is 1. The van der Waals surface area contributed by atoms with Crippen molar-refractivity contribution in [3.63, 3.8) is 0 Å². The standard InChI is InChI=1S/C25H28BF2IN2O2/c1-5-16-17(6-2)23(30-22(16)15-12-10-9-11-13-15)20(32)14-21(33-26(27)28)24-18(7-3)19(8-4)25(29)31-24/h9-14,30-31H,5-8H2,1-4H3/b21-14-. The van der Waals surface area contributed by atoms with Crippen molar-refractivity contribution in [2.75, 3.05) is 0 Å². The number of rotatable bonds is 10. The second-order valence-electron chi connectivity index (χ2n) is 7.63. The normalized spacial score (nSPS) is 11.7. The van der Waals surface area contributed by atoms with E-state index in [1.807, 2.05) is 58.0 Å². The van der Waals surface area contributed by atoms with Crippen LogP contribution in [-0.2, 0) is 30.3 Å². The number of carbonyl (C=O) groups is 1. The van der Waals surface area contributed by atoms with Crippen LogP contribution in [0.3, 0.4) is 0 Å². The molecule has 0 aliphatic carbocycles. The van der Waals surface area contributed by atoms with Crippen LogP contribution in [0, 0.1) is 3.70 Å². The van der Waals surface area contributed by atoms with Gasteiger partial charge in [-0.05, 0) is 76.1 Å². The highest BCUT2D eigenvalue weighted by Gasteiger charge is 2.27. The molecular formula is C25H28BF2IN2O2. The average Bonchev–Trinajstić information content (AvgIpc) is 3.35. The highest BCUT2D eigenvalue weighted by Crippen LogP contribution is 2.32. The third-order valence-electron chi connectivity index (χ3n) is 5.83. The van der Waals surface area contributed by atoms with Gasteiger partial charge in [0.25, 0.3) is 0 Å². The number of aromatic nitrogens is 2. The van der Waals surface area contributed by atoms with Crippen molar-refractivity contribution in [3.05, 3.63) is 73.8 Å². The van der Waals surface area contributed by atoms with E-state index in [4.69, 9.17) is 4.65 Å². The predicted octanol–water partition coefficient (Wildman–Crippen LogP) is 7.03. The predicted molar refractivity (Wildman–Crippen MR) is 139 cm³/mol. The van der Waals surface area contributed by atoms with E-state index < -0.39 is 7.47 Å². The van der Waals surface area contributed by atoms with Crippen molar-refractivity contribution in [2.24, 2.45) is 0 Å². The summed E-state index contributed by atoms with van der Waals surface area (Å²) in [6.07, 6.45) is 3.97. The Labute approximate surface area is 207 Å². The summed E-state index contributed by atoms with van der Waals surface area (Å²) < 4.78 is 32.4. The largest absolute Gasteiger partial charge is 0.796 e.